The number of rotatable bonds is 3. The van der Waals surface area contributed by atoms with E-state index in [1.54, 1.807) is 43.3 Å². The highest BCUT2D eigenvalue weighted by atomic mass is 16.3. The molecule has 0 saturated heterocycles. The summed E-state index contributed by atoms with van der Waals surface area (Å²) in [6, 6.07) is 33.5. The SMILES string of the molecule is [2H]C([2H])([2H])c1cc(C)ccc1-c1ccc(-c2cc(-c3cccc4c3oc3cc5c(ccc6ccccc65)cc34)ncc2C([2H])([2H])[2H])c(C([2H])([2H])[2H])c1. The quantitative estimate of drug-likeness (QED) is 0.200. The molecule has 0 atom stereocenters. The topological polar surface area (TPSA) is 26.0 Å². The van der Waals surface area contributed by atoms with Crippen LogP contribution in [0.1, 0.15) is 34.6 Å². The van der Waals surface area contributed by atoms with Crippen molar-refractivity contribution in [2.75, 3.05) is 0 Å². The van der Waals surface area contributed by atoms with Gasteiger partial charge in [0.2, 0.25) is 0 Å². The number of nitrogens with zero attached hydrogens (tertiary/aromatic N) is 1. The molecule has 2 aromatic heterocycles. The van der Waals surface area contributed by atoms with Crippen molar-refractivity contribution >= 4 is 43.5 Å². The van der Waals surface area contributed by atoms with Gasteiger partial charge in [-0.25, -0.2) is 0 Å². The highest BCUT2D eigenvalue weighted by Crippen LogP contribution is 2.40. The molecule has 0 spiro atoms. The molecule has 0 saturated carbocycles. The van der Waals surface area contributed by atoms with Crippen LogP contribution in [0.5, 0.6) is 0 Å². The Morgan fingerprint density at radius 2 is 1.37 bits per heavy atom. The number of hydrogen-bond acceptors (Lipinski definition) is 2. The van der Waals surface area contributed by atoms with Crippen LogP contribution in [0.15, 0.2) is 120 Å². The molecule has 0 aliphatic heterocycles. The van der Waals surface area contributed by atoms with Crippen LogP contribution in [-0.2, 0) is 0 Å². The second kappa shape index (κ2) is 9.68. The van der Waals surface area contributed by atoms with Gasteiger partial charge in [0.1, 0.15) is 11.2 Å². The van der Waals surface area contributed by atoms with Crippen LogP contribution < -0.4 is 0 Å². The summed E-state index contributed by atoms with van der Waals surface area (Å²) in [6.07, 6.45) is 1.28. The van der Waals surface area contributed by atoms with Crippen molar-refractivity contribution in [2.24, 2.45) is 0 Å². The third kappa shape index (κ3) is 4.13. The fraction of sp³-hybridized carbons (Fsp3) is 0.0976. The molecule has 0 bridgehead atoms. The molecule has 0 unspecified atom stereocenters. The number of pyridine rings is 1. The number of benzene rings is 6. The zero-order valence-corrected chi connectivity index (χ0v) is 23.3. The predicted molar refractivity (Wildman–Crippen MR) is 182 cm³/mol. The number of furan rings is 1. The van der Waals surface area contributed by atoms with Crippen molar-refractivity contribution < 1.29 is 16.8 Å². The van der Waals surface area contributed by atoms with Gasteiger partial charge in [0.05, 0.1) is 5.69 Å². The normalized spacial score (nSPS) is 15.7. The van der Waals surface area contributed by atoms with Crippen LogP contribution in [0.3, 0.4) is 0 Å². The Morgan fingerprint density at radius 3 is 2.28 bits per heavy atom. The maximum absolute atomic E-state index is 8.51. The number of aryl methyl sites for hydroxylation is 4. The van der Waals surface area contributed by atoms with Gasteiger partial charge in [0.25, 0.3) is 0 Å². The molecule has 8 rings (SSSR count). The first-order valence-electron chi connectivity index (χ1n) is 18.6. The van der Waals surface area contributed by atoms with E-state index >= 15 is 0 Å². The van der Waals surface area contributed by atoms with Crippen LogP contribution in [0.2, 0.25) is 0 Å². The maximum Gasteiger partial charge on any atom is 0.144 e. The first-order chi connectivity index (χ1) is 24.6. The largest absolute Gasteiger partial charge is 0.455 e. The first-order valence-corrected chi connectivity index (χ1v) is 14.1. The molecule has 8 aromatic rings. The Labute approximate surface area is 263 Å². The van der Waals surface area contributed by atoms with Crippen molar-refractivity contribution in [3.63, 3.8) is 0 Å². The molecule has 206 valence electrons. The lowest BCUT2D eigenvalue weighted by Crippen LogP contribution is -1.93. The molecule has 0 fully saturated rings. The Balaban J connectivity index is 1.34. The van der Waals surface area contributed by atoms with Crippen LogP contribution in [-0.4, -0.2) is 4.98 Å². The molecule has 0 aliphatic rings. The Morgan fingerprint density at radius 1 is 0.558 bits per heavy atom. The van der Waals surface area contributed by atoms with Crippen molar-refractivity contribution in [1.82, 2.24) is 4.98 Å². The predicted octanol–water partition coefficient (Wildman–Crippen LogP) is 11.5. The van der Waals surface area contributed by atoms with E-state index in [0.29, 0.717) is 33.6 Å². The Hall–Kier alpha value is -5.21. The van der Waals surface area contributed by atoms with Crippen LogP contribution in [0, 0.1) is 27.5 Å². The Kier molecular flexibility index (Phi) is 3.98. The minimum atomic E-state index is -2.67. The molecule has 43 heavy (non-hydrogen) atoms. The second-order valence-corrected chi connectivity index (χ2v) is 11.1. The summed E-state index contributed by atoms with van der Waals surface area (Å²) >= 11 is 0. The molecule has 0 aliphatic carbocycles. The van der Waals surface area contributed by atoms with Gasteiger partial charge < -0.3 is 4.42 Å². The van der Waals surface area contributed by atoms with Gasteiger partial charge in [-0.05, 0) is 112 Å². The van der Waals surface area contributed by atoms with E-state index in [4.69, 9.17) is 16.8 Å². The van der Waals surface area contributed by atoms with E-state index in [1.165, 1.54) is 12.3 Å². The van der Waals surface area contributed by atoms with E-state index in [9.17, 15) is 0 Å². The number of hydrogen-bond donors (Lipinski definition) is 0. The van der Waals surface area contributed by atoms with Crippen LogP contribution >= 0.6 is 0 Å². The third-order valence-corrected chi connectivity index (χ3v) is 8.34. The highest BCUT2D eigenvalue weighted by molar-refractivity contribution is 6.17. The third-order valence-electron chi connectivity index (χ3n) is 8.34. The molecule has 0 amide bonds. The van der Waals surface area contributed by atoms with Crippen LogP contribution in [0.25, 0.3) is 77.0 Å². The van der Waals surface area contributed by atoms with Gasteiger partial charge in [0, 0.05) is 34.9 Å². The Bertz CT molecular complexity index is 2720. The number of para-hydroxylation sites is 1. The molecular weight excluding hydrogens is 522 g/mol. The minimum Gasteiger partial charge on any atom is -0.455 e. The lowest BCUT2D eigenvalue weighted by atomic mass is 9.91. The summed E-state index contributed by atoms with van der Waals surface area (Å²) in [4.78, 5) is 4.60. The number of aromatic nitrogens is 1. The first kappa shape index (κ1) is 17.7. The number of fused-ring (bicyclic) bond motifs is 6. The molecule has 2 heterocycles. The summed E-state index contributed by atoms with van der Waals surface area (Å²) < 4.78 is 81.5. The standard InChI is InChI=1S/C41H31NO/c1-24-12-16-31(25(2)18-24)29-15-17-32(26(3)19-29)36-21-39(42-23-27(36)4)35-11-7-10-34-38-20-30-14-13-28-8-5-6-9-33(28)37(30)22-40(38)43-41(34)35/h5-23H,1-4H3/i2D3,3D3,4D3. The van der Waals surface area contributed by atoms with Gasteiger partial charge in [-0.15, -0.1) is 0 Å². The summed E-state index contributed by atoms with van der Waals surface area (Å²) in [6.45, 7) is -5.93. The summed E-state index contributed by atoms with van der Waals surface area (Å²) in [5.41, 5.74) is 4.10. The van der Waals surface area contributed by atoms with Gasteiger partial charge in [0.15, 0.2) is 0 Å². The van der Waals surface area contributed by atoms with Gasteiger partial charge in [-0.3, -0.25) is 4.98 Å². The average molecular weight is 563 g/mol. The fourth-order valence-electron chi connectivity index (χ4n) is 6.18. The van der Waals surface area contributed by atoms with E-state index < -0.39 is 20.6 Å². The average Bonchev–Trinajstić information content (AvgIpc) is 3.47. The summed E-state index contributed by atoms with van der Waals surface area (Å²) in [5, 5.41) is 6.15. The van der Waals surface area contributed by atoms with Crippen LogP contribution in [0.4, 0.5) is 0 Å². The molecular formula is C41H31NO. The molecule has 2 nitrogen and oxygen atoms in total. The molecule has 0 radical (unpaired) electrons. The summed E-state index contributed by atoms with van der Waals surface area (Å²) in [7, 11) is 0. The zero-order chi connectivity index (χ0) is 36.7. The smallest absolute Gasteiger partial charge is 0.144 e. The monoisotopic (exact) mass is 562 g/mol. The van der Waals surface area contributed by atoms with Gasteiger partial charge >= 0.3 is 0 Å². The minimum absolute atomic E-state index is 0.103. The van der Waals surface area contributed by atoms with Crippen molar-refractivity contribution in [1.29, 1.82) is 0 Å². The zero-order valence-electron chi connectivity index (χ0n) is 32.3. The lowest BCUT2D eigenvalue weighted by Gasteiger charge is -2.14. The van der Waals surface area contributed by atoms with E-state index in [2.05, 4.69) is 35.3 Å². The fourth-order valence-corrected chi connectivity index (χ4v) is 6.18. The highest BCUT2D eigenvalue weighted by Gasteiger charge is 2.17. The van der Waals surface area contributed by atoms with E-state index in [1.807, 2.05) is 36.4 Å². The van der Waals surface area contributed by atoms with Gasteiger partial charge in [-0.2, -0.15) is 0 Å². The molecule has 2 heteroatoms. The lowest BCUT2D eigenvalue weighted by molar-refractivity contribution is 0.670. The van der Waals surface area contributed by atoms with Gasteiger partial charge in [-0.1, -0.05) is 90.5 Å². The van der Waals surface area contributed by atoms with E-state index in [0.717, 1.165) is 37.9 Å². The molecule has 6 aromatic carbocycles. The maximum atomic E-state index is 8.51. The molecule has 0 N–H and O–H groups in total. The van der Waals surface area contributed by atoms with Crippen molar-refractivity contribution in [3.05, 3.63) is 138 Å². The van der Waals surface area contributed by atoms with Crippen molar-refractivity contribution in [3.8, 4) is 33.5 Å². The van der Waals surface area contributed by atoms with Crippen molar-refractivity contribution in [2.45, 2.75) is 27.5 Å². The second-order valence-electron chi connectivity index (χ2n) is 11.1. The van der Waals surface area contributed by atoms with E-state index in [-0.39, 0.29) is 27.8 Å². The summed E-state index contributed by atoms with van der Waals surface area (Å²) in [5.74, 6) is 0.